The SMILES string of the molecule is CC[C@H](CO)NC(=O)/C=C/c1ccc(Cl)s1. The van der Waals surface area contributed by atoms with Crippen LogP contribution >= 0.6 is 22.9 Å². The molecule has 0 aliphatic heterocycles. The number of hydrogen-bond acceptors (Lipinski definition) is 3. The molecule has 0 fully saturated rings. The van der Waals surface area contributed by atoms with Gasteiger partial charge < -0.3 is 10.4 Å². The van der Waals surface area contributed by atoms with Crippen LogP contribution in [0.1, 0.15) is 18.2 Å². The van der Waals surface area contributed by atoms with Crippen molar-refractivity contribution in [3.63, 3.8) is 0 Å². The average Bonchev–Trinajstić information content (AvgIpc) is 2.69. The Morgan fingerprint density at radius 1 is 1.69 bits per heavy atom. The predicted molar refractivity (Wildman–Crippen MR) is 67.7 cm³/mol. The third kappa shape index (κ3) is 4.35. The van der Waals surface area contributed by atoms with Crippen LogP contribution in [-0.2, 0) is 4.79 Å². The van der Waals surface area contributed by atoms with Crippen LogP contribution in [0.15, 0.2) is 18.2 Å². The summed E-state index contributed by atoms with van der Waals surface area (Å²) in [6.07, 6.45) is 3.86. The van der Waals surface area contributed by atoms with Gasteiger partial charge in [-0.1, -0.05) is 18.5 Å². The highest BCUT2D eigenvalue weighted by Gasteiger charge is 2.05. The number of carbonyl (C=O) groups excluding carboxylic acids is 1. The molecule has 0 bridgehead atoms. The van der Waals surface area contributed by atoms with Crippen molar-refractivity contribution in [2.24, 2.45) is 0 Å². The maximum Gasteiger partial charge on any atom is 0.244 e. The summed E-state index contributed by atoms with van der Waals surface area (Å²) in [6, 6.07) is 3.45. The van der Waals surface area contributed by atoms with Crippen LogP contribution in [0.25, 0.3) is 6.08 Å². The molecule has 1 aromatic rings. The zero-order valence-electron chi connectivity index (χ0n) is 8.94. The molecular formula is C11H14ClNO2S. The average molecular weight is 260 g/mol. The zero-order chi connectivity index (χ0) is 12.0. The van der Waals surface area contributed by atoms with E-state index < -0.39 is 0 Å². The normalized spacial score (nSPS) is 12.9. The van der Waals surface area contributed by atoms with Crippen molar-refractivity contribution in [3.8, 4) is 0 Å². The summed E-state index contributed by atoms with van der Waals surface area (Å²) in [4.78, 5) is 12.3. The molecule has 0 aliphatic rings. The Morgan fingerprint density at radius 3 is 2.94 bits per heavy atom. The molecule has 1 heterocycles. The van der Waals surface area contributed by atoms with Crippen molar-refractivity contribution in [3.05, 3.63) is 27.4 Å². The largest absolute Gasteiger partial charge is 0.394 e. The highest BCUT2D eigenvalue weighted by molar-refractivity contribution is 7.17. The van der Waals surface area contributed by atoms with Crippen molar-refractivity contribution in [1.29, 1.82) is 0 Å². The van der Waals surface area contributed by atoms with Crippen molar-refractivity contribution in [2.75, 3.05) is 6.61 Å². The fourth-order valence-electron chi connectivity index (χ4n) is 1.10. The van der Waals surface area contributed by atoms with Gasteiger partial charge in [0.2, 0.25) is 5.91 Å². The number of nitrogens with one attached hydrogen (secondary N) is 1. The summed E-state index contributed by atoms with van der Waals surface area (Å²) >= 11 is 7.17. The second kappa shape index (κ2) is 6.68. The van der Waals surface area contributed by atoms with E-state index in [1.54, 1.807) is 12.1 Å². The van der Waals surface area contributed by atoms with E-state index in [4.69, 9.17) is 16.7 Å². The second-order valence-electron chi connectivity index (χ2n) is 3.27. The van der Waals surface area contributed by atoms with E-state index in [0.29, 0.717) is 10.8 Å². The number of thiophene rings is 1. The summed E-state index contributed by atoms with van der Waals surface area (Å²) in [6.45, 7) is 1.87. The lowest BCUT2D eigenvalue weighted by molar-refractivity contribution is -0.117. The topological polar surface area (TPSA) is 49.3 Å². The first-order valence-electron chi connectivity index (χ1n) is 5.00. The maximum absolute atomic E-state index is 11.4. The lowest BCUT2D eigenvalue weighted by atomic mass is 10.2. The highest BCUT2D eigenvalue weighted by Crippen LogP contribution is 2.22. The van der Waals surface area contributed by atoms with Crippen LogP contribution in [-0.4, -0.2) is 23.7 Å². The maximum atomic E-state index is 11.4. The molecule has 5 heteroatoms. The van der Waals surface area contributed by atoms with Gasteiger partial charge in [-0.2, -0.15) is 0 Å². The van der Waals surface area contributed by atoms with Crippen LogP contribution < -0.4 is 5.32 Å². The molecule has 1 aromatic heterocycles. The van der Waals surface area contributed by atoms with Gasteiger partial charge in [0.15, 0.2) is 0 Å². The van der Waals surface area contributed by atoms with Gasteiger partial charge in [-0.3, -0.25) is 4.79 Å². The van der Waals surface area contributed by atoms with Gasteiger partial charge in [0.1, 0.15) is 0 Å². The smallest absolute Gasteiger partial charge is 0.244 e. The predicted octanol–water partition coefficient (Wildman–Crippen LogP) is 2.30. The van der Waals surface area contributed by atoms with Crippen molar-refractivity contribution in [1.82, 2.24) is 5.32 Å². The molecule has 0 saturated carbocycles. The Labute approximate surface area is 104 Å². The molecule has 0 radical (unpaired) electrons. The molecule has 0 spiro atoms. The Balaban J connectivity index is 2.48. The Bertz CT molecular complexity index is 372. The summed E-state index contributed by atoms with van der Waals surface area (Å²) in [5, 5.41) is 11.6. The van der Waals surface area contributed by atoms with Crippen LogP contribution in [0, 0.1) is 0 Å². The molecule has 0 unspecified atom stereocenters. The number of halogens is 1. The minimum atomic E-state index is -0.203. The summed E-state index contributed by atoms with van der Waals surface area (Å²) in [7, 11) is 0. The molecule has 88 valence electrons. The first-order chi connectivity index (χ1) is 7.65. The molecule has 1 amide bonds. The first-order valence-corrected chi connectivity index (χ1v) is 6.20. The summed E-state index contributed by atoms with van der Waals surface area (Å²) in [5.74, 6) is -0.203. The fraction of sp³-hybridized carbons (Fsp3) is 0.364. The standard InChI is InChI=1S/C11H14ClNO2S/c1-2-8(7-14)13-11(15)6-4-9-3-5-10(12)16-9/h3-6,8,14H,2,7H2,1H3,(H,13,15)/b6-4+/t8-/m1/s1. The van der Waals surface area contributed by atoms with Gasteiger partial charge in [0.25, 0.3) is 0 Å². The summed E-state index contributed by atoms with van der Waals surface area (Å²) < 4.78 is 0.696. The van der Waals surface area contributed by atoms with Gasteiger partial charge >= 0.3 is 0 Å². The molecule has 1 atom stereocenters. The second-order valence-corrected chi connectivity index (χ2v) is 5.02. The van der Waals surface area contributed by atoms with Crippen LogP contribution in [0.4, 0.5) is 0 Å². The van der Waals surface area contributed by atoms with Gasteiger partial charge in [-0.05, 0) is 24.6 Å². The van der Waals surface area contributed by atoms with E-state index in [2.05, 4.69) is 5.32 Å². The number of hydrogen-bond donors (Lipinski definition) is 2. The monoisotopic (exact) mass is 259 g/mol. The van der Waals surface area contributed by atoms with Gasteiger partial charge in [-0.25, -0.2) is 0 Å². The number of carbonyl (C=O) groups is 1. The Kier molecular flexibility index (Phi) is 5.52. The summed E-state index contributed by atoms with van der Waals surface area (Å²) in [5.41, 5.74) is 0. The third-order valence-electron chi connectivity index (χ3n) is 2.05. The quantitative estimate of drug-likeness (QED) is 0.798. The lowest BCUT2D eigenvalue weighted by Crippen LogP contribution is -2.35. The Hall–Kier alpha value is -0.840. The molecule has 2 N–H and O–H groups in total. The molecule has 16 heavy (non-hydrogen) atoms. The van der Waals surface area contributed by atoms with Crippen molar-refractivity contribution < 1.29 is 9.90 Å². The minimum absolute atomic E-state index is 0.0408. The van der Waals surface area contributed by atoms with Crippen molar-refractivity contribution >= 4 is 34.9 Å². The molecule has 1 rings (SSSR count). The number of amides is 1. The number of rotatable bonds is 5. The number of aliphatic hydroxyl groups excluding tert-OH is 1. The molecule has 3 nitrogen and oxygen atoms in total. The third-order valence-corrected chi connectivity index (χ3v) is 3.25. The van der Waals surface area contributed by atoms with Gasteiger partial charge in [-0.15, -0.1) is 11.3 Å². The molecule has 0 aromatic carbocycles. The van der Waals surface area contributed by atoms with Crippen LogP contribution in [0.2, 0.25) is 4.34 Å². The van der Waals surface area contributed by atoms with E-state index in [9.17, 15) is 4.79 Å². The Morgan fingerprint density at radius 2 is 2.44 bits per heavy atom. The molecular weight excluding hydrogens is 246 g/mol. The first kappa shape index (κ1) is 13.2. The minimum Gasteiger partial charge on any atom is -0.394 e. The van der Waals surface area contributed by atoms with Crippen LogP contribution in [0.5, 0.6) is 0 Å². The van der Waals surface area contributed by atoms with Gasteiger partial charge in [0.05, 0.1) is 17.0 Å². The van der Waals surface area contributed by atoms with E-state index >= 15 is 0 Å². The fourth-order valence-corrected chi connectivity index (χ4v) is 2.07. The van der Waals surface area contributed by atoms with E-state index in [0.717, 1.165) is 4.88 Å². The van der Waals surface area contributed by atoms with Crippen LogP contribution in [0.3, 0.4) is 0 Å². The van der Waals surface area contributed by atoms with Gasteiger partial charge in [0, 0.05) is 11.0 Å². The molecule has 0 aliphatic carbocycles. The van der Waals surface area contributed by atoms with Crippen molar-refractivity contribution in [2.45, 2.75) is 19.4 Å². The lowest BCUT2D eigenvalue weighted by Gasteiger charge is -2.11. The van der Waals surface area contributed by atoms with E-state index in [1.165, 1.54) is 17.4 Å². The molecule has 0 saturated heterocycles. The number of aliphatic hydroxyl groups is 1. The van der Waals surface area contributed by atoms with E-state index in [-0.39, 0.29) is 18.6 Å². The highest BCUT2D eigenvalue weighted by atomic mass is 35.5. The zero-order valence-corrected chi connectivity index (χ0v) is 10.5. The van der Waals surface area contributed by atoms with E-state index in [1.807, 2.05) is 13.0 Å².